The fraction of sp³-hybridized carbons (Fsp3) is 0.591. The number of ether oxygens (including phenoxy) is 1. The summed E-state index contributed by atoms with van der Waals surface area (Å²) in [4.78, 5) is 40.3. The molecule has 1 aliphatic rings. The molecule has 166 valence electrons. The number of aryl methyl sites for hydroxylation is 1. The van der Waals surface area contributed by atoms with Gasteiger partial charge in [0.25, 0.3) is 0 Å². The average molecular weight is 482 g/mol. The largest absolute Gasteiger partial charge is 0.444 e. The number of hydrogen-bond donors (Lipinski definition) is 1. The minimum absolute atomic E-state index is 0.0183. The van der Waals surface area contributed by atoms with Crippen molar-refractivity contribution in [1.82, 2.24) is 15.1 Å². The normalized spacial score (nSPS) is 14.8. The van der Waals surface area contributed by atoms with E-state index in [9.17, 15) is 14.4 Å². The van der Waals surface area contributed by atoms with Gasteiger partial charge in [0.15, 0.2) is 0 Å². The SMILES string of the molecule is CC(C)(C)OC(=O)NCCC(=O)N1CCCN(C(=O)CCc2ccc(Br)cc2)CC1. The molecule has 1 aromatic carbocycles. The Labute approximate surface area is 187 Å². The van der Waals surface area contributed by atoms with Crippen molar-refractivity contribution in [1.29, 1.82) is 0 Å². The van der Waals surface area contributed by atoms with Crippen LogP contribution in [0.5, 0.6) is 0 Å². The smallest absolute Gasteiger partial charge is 0.407 e. The Bertz CT molecular complexity index is 731. The van der Waals surface area contributed by atoms with Crippen LogP contribution in [0.15, 0.2) is 28.7 Å². The van der Waals surface area contributed by atoms with Gasteiger partial charge in [0, 0.05) is 50.0 Å². The summed E-state index contributed by atoms with van der Waals surface area (Å²) in [5.41, 5.74) is 0.572. The van der Waals surface area contributed by atoms with Gasteiger partial charge in [-0.2, -0.15) is 0 Å². The van der Waals surface area contributed by atoms with Crippen LogP contribution in [0, 0.1) is 0 Å². The molecule has 1 aliphatic heterocycles. The minimum Gasteiger partial charge on any atom is -0.444 e. The lowest BCUT2D eigenvalue weighted by molar-refractivity contribution is -0.133. The molecule has 0 radical (unpaired) electrons. The molecule has 1 fully saturated rings. The zero-order chi connectivity index (χ0) is 22.1. The molecule has 7 nitrogen and oxygen atoms in total. The van der Waals surface area contributed by atoms with Crippen molar-refractivity contribution in [3.63, 3.8) is 0 Å². The number of amides is 3. The van der Waals surface area contributed by atoms with E-state index in [1.807, 2.05) is 29.2 Å². The van der Waals surface area contributed by atoms with Crippen molar-refractivity contribution in [2.75, 3.05) is 32.7 Å². The molecule has 0 aromatic heterocycles. The van der Waals surface area contributed by atoms with E-state index in [-0.39, 0.29) is 24.8 Å². The van der Waals surface area contributed by atoms with Crippen molar-refractivity contribution in [3.8, 4) is 0 Å². The molecule has 1 aromatic rings. The van der Waals surface area contributed by atoms with Crippen molar-refractivity contribution >= 4 is 33.8 Å². The first kappa shape index (κ1) is 24.2. The van der Waals surface area contributed by atoms with Gasteiger partial charge in [-0.15, -0.1) is 0 Å². The summed E-state index contributed by atoms with van der Waals surface area (Å²) >= 11 is 3.41. The van der Waals surface area contributed by atoms with Gasteiger partial charge >= 0.3 is 6.09 Å². The van der Waals surface area contributed by atoms with Crippen molar-refractivity contribution in [2.45, 2.75) is 52.1 Å². The van der Waals surface area contributed by atoms with Gasteiger partial charge in [-0.1, -0.05) is 28.1 Å². The lowest BCUT2D eigenvalue weighted by atomic mass is 10.1. The highest BCUT2D eigenvalue weighted by Gasteiger charge is 2.22. The van der Waals surface area contributed by atoms with Crippen LogP contribution in [0.25, 0.3) is 0 Å². The summed E-state index contributed by atoms with van der Waals surface area (Å²) in [7, 11) is 0. The molecule has 0 unspecified atom stereocenters. The quantitative estimate of drug-likeness (QED) is 0.675. The van der Waals surface area contributed by atoms with Gasteiger partial charge in [-0.3, -0.25) is 9.59 Å². The molecule has 0 saturated carbocycles. The Hall–Kier alpha value is -2.09. The standard InChI is InChI=1S/C22H32BrN3O4/c1-22(2,3)30-21(29)24-12-11-20(28)26-14-4-13-25(15-16-26)19(27)10-7-17-5-8-18(23)9-6-17/h5-6,8-9H,4,7,10-16H2,1-3H3,(H,24,29). The molecule has 1 saturated heterocycles. The number of benzene rings is 1. The number of hydrogen-bond acceptors (Lipinski definition) is 4. The van der Waals surface area contributed by atoms with E-state index in [2.05, 4.69) is 21.2 Å². The summed E-state index contributed by atoms with van der Waals surface area (Å²) in [6, 6.07) is 8.00. The number of carbonyl (C=O) groups excluding carboxylic acids is 3. The number of carbonyl (C=O) groups is 3. The summed E-state index contributed by atoms with van der Waals surface area (Å²) in [5, 5.41) is 2.61. The lowest BCUT2D eigenvalue weighted by Gasteiger charge is -2.23. The summed E-state index contributed by atoms with van der Waals surface area (Å²) < 4.78 is 6.19. The summed E-state index contributed by atoms with van der Waals surface area (Å²) in [6.45, 7) is 7.98. The summed E-state index contributed by atoms with van der Waals surface area (Å²) in [6.07, 6.45) is 1.64. The topological polar surface area (TPSA) is 79.0 Å². The highest BCUT2D eigenvalue weighted by molar-refractivity contribution is 9.10. The molecule has 2 rings (SSSR count). The number of alkyl carbamates (subject to hydrolysis) is 1. The Morgan fingerprint density at radius 2 is 1.53 bits per heavy atom. The zero-order valence-corrected chi connectivity index (χ0v) is 19.7. The third kappa shape index (κ3) is 8.73. The fourth-order valence-electron chi connectivity index (χ4n) is 3.22. The van der Waals surface area contributed by atoms with Gasteiger partial charge in [-0.05, 0) is 51.3 Å². The van der Waals surface area contributed by atoms with E-state index in [0.29, 0.717) is 39.0 Å². The first-order chi connectivity index (χ1) is 14.1. The third-order valence-corrected chi connectivity index (χ3v) is 5.28. The Morgan fingerprint density at radius 3 is 2.10 bits per heavy atom. The molecule has 3 amide bonds. The second kappa shape index (κ2) is 11.3. The van der Waals surface area contributed by atoms with Crippen molar-refractivity contribution < 1.29 is 19.1 Å². The highest BCUT2D eigenvalue weighted by atomic mass is 79.9. The zero-order valence-electron chi connectivity index (χ0n) is 18.1. The predicted molar refractivity (Wildman–Crippen MR) is 119 cm³/mol. The number of nitrogens with one attached hydrogen (secondary N) is 1. The van der Waals surface area contributed by atoms with Crippen LogP contribution >= 0.6 is 15.9 Å². The maximum absolute atomic E-state index is 12.6. The van der Waals surface area contributed by atoms with Crippen LogP contribution in [0.4, 0.5) is 4.79 Å². The number of nitrogens with zero attached hydrogens (tertiary/aromatic N) is 2. The van der Waals surface area contributed by atoms with Gasteiger partial charge in [0.2, 0.25) is 11.8 Å². The molecule has 30 heavy (non-hydrogen) atoms. The molecule has 1 heterocycles. The number of rotatable bonds is 6. The van der Waals surface area contributed by atoms with Crippen molar-refractivity contribution in [2.24, 2.45) is 0 Å². The second-order valence-electron chi connectivity index (χ2n) is 8.42. The van der Waals surface area contributed by atoms with Crippen LogP contribution in [-0.4, -0.2) is 66.0 Å². The molecular weight excluding hydrogens is 450 g/mol. The Kier molecular flexibility index (Phi) is 9.14. The Morgan fingerprint density at radius 1 is 0.967 bits per heavy atom. The number of halogens is 1. The maximum atomic E-state index is 12.6. The highest BCUT2D eigenvalue weighted by Crippen LogP contribution is 2.13. The van der Waals surface area contributed by atoms with E-state index in [1.54, 1.807) is 25.7 Å². The van der Waals surface area contributed by atoms with Crippen LogP contribution < -0.4 is 5.32 Å². The second-order valence-corrected chi connectivity index (χ2v) is 9.34. The molecule has 0 atom stereocenters. The molecular formula is C22H32BrN3O4. The van der Waals surface area contributed by atoms with E-state index >= 15 is 0 Å². The average Bonchev–Trinajstić information content (AvgIpc) is 2.92. The maximum Gasteiger partial charge on any atom is 0.407 e. The third-order valence-electron chi connectivity index (χ3n) is 4.75. The van der Waals surface area contributed by atoms with Gasteiger partial charge in [0.1, 0.15) is 5.60 Å². The van der Waals surface area contributed by atoms with E-state index in [0.717, 1.165) is 16.5 Å². The van der Waals surface area contributed by atoms with E-state index < -0.39 is 11.7 Å². The van der Waals surface area contributed by atoms with Crippen LogP contribution in [-0.2, 0) is 20.7 Å². The van der Waals surface area contributed by atoms with Gasteiger partial charge < -0.3 is 19.9 Å². The fourth-order valence-corrected chi connectivity index (χ4v) is 3.48. The summed E-state index contributed by atoms with van der Waals surface area (Å²) in [5.74, 6) is 0.106. The Balaban J connectivity index is 1.71. The van der Waals surface area contributed by atoms with E-state index in [1.165, 1.54) is 0 Å². The van der Waals surface area contributed by atoms with Gasteiger partial charge in [0.05, 0.1) is 0 Å². The van der Waals surface area contributed by atoms with E-state index in [4.69, 9.17) is 4.74 Å². The molecule has 8 heteroatoms. The first-order valence-electron chi connectivity index (χ1n) is 10.4. The van der Waals surface area contributed by atoms with Crippen LogP contribution in [0.3, 0.4) is 0 Å². The van der Waals surface area contributed by atoms with Gasteiger partial charge in [-0.25, -0.2) is 4.79 Å². The van der Waals surface area contributed by atoms with Crippen LogP contribution in [0.1, 0.15) is 45.6 Å². The molecule has 0 aliphatic carbocycles. The monoisotopic (exact) mass is 481 g/mol. The molecule has 1 N–H and O–H groups in total. The van der Waals surface area contributed by atoms with Crippen molar-refractivity contribution in [3.05, 3.63) is 34.3 Å². The first-order valence-corrected chi connectivity index (χ1v) is 11.2. The molecule has 0 bridgehead atoms. The lowest BCUT2D eigenvalue weighted by Crippen LogP contribution is -2.39. The minimum atomic E-state index is -0.563. The molecule has 0 spiro atoms. The predicted octanol–water partition coefficient (Wildman–Crippen LogP) is 3.36. The van der Waals surface area contributed by atoms with Crippen LogP contribution in [0.2, 0.25) is 0 Å².